The number of hydrogen-bond acceptors (Lipinski definition) is 4. The van der Waals surface area contributed by atoms with Gasteiger partial charge in [0.1, 0.15) is 12.1 Å². The molecule has 0 aromatic heterocycles. The number of ether oxygens (including phenoxy) is 1. The van der Waals surface area contributed by atoms with Gasteiger partial charge in [-0.15, -0.1) is 0 Å². The van der Waals surface area contributed by atoms with Crippen molar-refractivity contribution in [3.63, 3.8) is 0 Å². The van der Waals surface area contributed by atoms with Crippen molar-refractivity contribution in [3.8, 4) is 0 Å². The Labute approximate surface area is 76.2 Å². The molecule has 0 heterocycles. The highest BCUT2D eigenvalue weighted by Gasteiger charge is 2.16. The number of alkyl carbamates (subject to hydrolysis) is 1. The van der Waals surface area contributed by atoms with E-state index >= 15 is 0 Å². The van der Waals surface area contributed by atoms with E-state index in [4.69, 9.17) is 9.94 Å². The van der Waals surface area contributed by atoms with Crippen molar-refractivity contribution >= 4 is 12.0 Å². The van der Waals surface area contributed by atoms with E-state index < -0.39 is 17.6 Å². The van der Waals surface area contributed by atoms with E-state index in [1.165, 1.54) is 5.48 Å². The van der Waals surface area contributed by atoms with Crippen molar-refractivity contribution in [2.24, 2.45) is 0 Å². The van der Waals surface area contributed by atoms with Crippen LogP contribution in [0.25, 0.3) is 0 Å². The molecule has 6 heteroatoms. The summed E-state index contributed by atoms with van der Waals surface area (Å²) in [5, 5.41) is 10.2. The summed E-state index contributed by atoms with van der Waals surface area (Å²) in [5.41, 5.74) is 0.777. The Balaban J connectivity index is 3.71. The maximum Gasteiger partial charge on any atom is 0.408 e. The van der Waals surface area contributed by atoms with Gasteiger partial charge in [0.25, 0.3) is 5.91 Å². The van der Waals surface area contributed by atoms with E-state index in [1.54, 1.807) is 20.8 Å². The van der Waals surface area contributed by atoms with Crippen molar-refractivity contribution in [2.75, 3.05) is 6.54 Å². The summed E-state index contributed by atoms with van der Waals surface area (Å²) >= 11 is 0. The third-order valence-electron chi connectivity index (χ3n) is 0.917. The van der Waals surface area contributed by atoms with E-state index in [2.05, 4.69) is 5.32 Å². The molecule has 0 saturated carbocycles. The zero-order valence-corrected chi connectivity index (χ0v) is 7.88. The molecular weight excluding hydrogens is 176 g/mol. The Morgan fingerprint density at radius 3 is 2.31 bits per heavy atom. The van der Waals surface area contributed by atoms with E-state index in [-0.39, 0.29) is 6.54 Å². The summed E-state index contributed by atoms with van der Waals surface area (Å²) in [7, 11) is 0. The Bertz CT molecular complexity index is 197. The monoisotopic (exact) mass is 190 g/mol. The van der Waals surface area contributed by atoms with E-state index in [0.717, 1.165) is 0 Å². The highest BCUT2D eigenvalue weighted by atomic mass is 16.6. The van der Waals surface area contributed by atoms with Crippen LogP contribution in [0.4, 0.5) is 4.79 Å². The number of rotatable bonds is 2. The van der Waals surface area contributed by atoms with E-state index in [1.807, 2.05) is 0 Å². The van der Waals surface area contributed by atoms with Gasteiger partial charge in [0.05, 0.1) is 0 Å². The number of carbonyl (C=O) groups is 2. The average Bonchev–Trinajstić information content (AvgIpc) is 1.97. The van der Waals surface area contributed by atoms with Gasteiger partial charge >= 0.3 is 6.09 Å². The van der Waals surface area contributed by atoms with Crippen molar-refractivity contribution in [3.05, 3.63) is 0 Å². The van der Waals surface area contributed by atoms with Crippen LogP contribution in [0, 0.1) is 0 Å². The van der Waals surface area contributed by atoms with Crippen LogP contribution in [0.2, 0.25) is 0 Å². The molecule has 3 N–H and O–H groups in total. The third kappa shape index (κ3) is 7.07. The fourth-order valence-electron chi connectivity index (χ4n) is 0.506. The summed E-state index contributed by atoms with van der Waals surface area (Å²) in [6, 6.07) is 0. The summed E-state index contributed by atoms with van der Waals surface area (Å²) in [6.07, 6.45) is -0.698. The average molecular weight is 190 g/mol. The van der Waals surface area contributed by atoms with Gasteiger partial charge in [-0.3, -0.25) is 10.0 Å². The molecule has 76 valence electrons. The lowest BCUT2D eigenvalue weighted by atomic mass is 10.2. The van der Waals surface area contributed by atoms with Gasteiger partial charge in [-0.25, -0.2) is 10.3 Å². The second-order valence-electron chi connectivity index (χ2n) is 3.39. The van der Waals surface area contributed by atoms with Crippen LogP contribution in [-0.2, 0) is 9.53 Å². The standard InChI is InChI=1S/C7H14N2O4/c1-7(2,3)13-6(11)8-4-5(10)9-12/h12H,4H2,1-3H3,(H,8,11)(H,9,10). The van der Waals surface area contributed by atoms with Crippen molar-refractivity contribution in [2.45, 2.75) is 26.4 Å². The predicted molar refractivity (Wildman–Crippen MR) is 44.2 cm³/mol. The van der Waals surface area contributed by atoms with Gasteiger partial charge in [0.2, 0.25) is 0 Å². The fraction of sp³-hybridized carbons (Fsp3) is 0.714. The Kier molecular flexibility index (Phi) is 4.19. The molecule has 0 aliphatic carbocycles. The van der Waals surface area contributed by atoms with Gasteiger partial charge in [0.15, 0.2) is 0 Å². The highest BCUT2D eigenvalue weighted by molar-refractivity contribution is 5.81. The number of amides is 2. The fourth-order valence-corrected chi connectivity index (χ4v) is 0.506. The molecule has 2 amide bonds. The second-order valence-corrected chi connectivity index (χ2v) is 3.39. The van der Waals surface area contributed by atoms with Crippen LogP contribution in [0.5, 0.6) is 0 Å². The van der Waals surface area contributed by atoms with Crippen molar-refractivity contribution in [1.29, 1.82) is 0 Å². The van der Waals surface area contributed by atoms with Gasteiger partial charge in [0, 0.05) is 0 Å². The molecule has 0 bridgehead atoms. The highest BCUT2D eigenvalue weighted by Crippen LogP contribution is 2.05. The molecule has 0 spiro atoms. The Hall–Kier alpha value is -1.30. The third-order valence-corrected chi connectivity index (χ3v) is 0.917. The molecule has 13 heavy (non-hydrogen) atoms. The first-order valence-corrected chi connectivity index (χ1v) is 3.75. The molecular formula is C7H14N2O4. The molecule has 0 radical (unpaired) electrons. The van der Waals surface area contributed by atoms with Crippen molar-refractivity contribution < 1.29 is 19.5 Å². The van der Waals surface area contributed by atoms with Crippen molar-refractivity contribution in [1.82, 2.24) is 10.8 Å². The zero-order chi connectivity index (χ0) is 10.5. The molecule has 0 saturated heterocycles. The number of carbonyl (C=O) groups excluding carboxylic acids is 2. The van der Waals surface area contributed by atoms with Crippen LogP contribution < -0.4 is 10.8 Å². The Morgan fingerprint density at radius 2 is 1.92 bits per heavy atom. The summed E-state index contributed by atoms with van der Waals surface area (Å²) < 4.78 is 4.82. The summed E-state index contributed by atoms with van der Waals surface area (Å²) in [5.74, 6) is -0.703. The van der Waals surface area contributed by atoms with E-state index in [0.29, 0.717) is 0 Å². The Morgan fingerprint density at radius 1 is 1.38 bits per heavy atom. The molecule has 0 atom stereocenters. The topological polar surface area (TPSA) is 87.7 Å². The number of hydroxylamine groups is 1. The quantitative estimate of drug-likeness (QED) is 0.423. The first-order valence-electron chi connectivity index (χ1n) is 3.75. The maximum atomic E-state index is 10.9. The number of hydrogen-bond donors (Lipinski definition) is 3. The van der Waals surface area contributed by atoms with Crippen LogP contribution in [0.3, 0.4) is 0 Å². The minimum Gasteiger partial charge on any atom is -0.444 e. The number of nitrogens with one attached hydrogen (secondary N) is 2. The smallest absolute Gasteiger partial charge is 0.408 e. The molecule has 0 aliphatic heterocycles. The second kappa shape index (κ2) is 4.66. The zero-order valence-electron chi connectivity index (χ0n) is 7.88. The molecule has 0 fully saturated rings. The van der Waals surface area contributed by atoms with Gasteiger partial charge < -0.3 is 10.1 Å². The molecule has 0 rings (SSSR count). The van der Waals surface area contributed by atoms with Crippen LogP contribution in [0.15, 0.2) is 0 Å². The summed E-state index contributed by atoms with van der Waals surface area (Å²) in [6.45, 7) is 4.81. The first kappa shape index (κ1) is 11.7. The predicted octanol–water partition coefficient (Wildman–Crippen LogP) is 0.0165. The van der Waals surface area contributed by atoms with E-state index in [9.17, 15) is 9.59 Å². The molecule has 0 aromatic rings. The largest absolute Gasteiger partial charge is 0.444 e. The van der Waals surface area contributed by atoms with Gasteiger partial charge in [-0.05, 0) is 20.8 Å². The maximum absolute atomic E-state index is 10.9. The normalized spacial score (nSPS) is 10.5. The molecule has 6 nitrogen and oxygen atoms in total. The molecule has 0 aromatic carbocycles. The molecule has 0 unspecified atom stereocenters. The molecule has 0 aliphatic rings. The summed E-state index contributed by atoms with van der Waals surface area (Å²) in [4.78, 5) is 21.3. The first-order chi connectivity index (χ1) is 5.85. The van der Waals surface area contributed by atoms with Gasteiger partial charge in [-0.2, -0.15) is 0 Å². The lowest BCUT2D eigenvalue weighted by molar-refractivity contribution is -0.128. The minimum absolute atomic E-state index is 0.314. The lowest BCUT2D eigenvalue weighted by Crippen LogP contribution is -2.38. The van der Waals surface area contributed by atoms with Crippen LogP contribution in [0.1, 0.15) is 20.8 Å². The SMILES string of the molecule is CC(C)(C)OC(=O)NCC(=O)NO. The van der Waals surface area contributed by atoms with Gasteiger partial charge in [-0.1, -0.05) is 0 Å². The lowest BCUT2D eigenvalue weighted by Gasteiger charge is -2.19. The van der Waals surface area contributed by atoms with Crippen LogP contribution >= 0.6 is 0 Å². The minimum atomic E-state index is -0.703. The van der Waals surface area contributed by atoms with Crippen LogP contribution in [-0.4, -0.2) is 29.4 Å².